The molecule has 1 aromatic carbocycles. The fourth-order valence-electron chi connectivity index (χ4n) is 1.69. The molecule has 3 nitrogen and oxygen atoms in total. The number of aliphatic hydroxyl groups excluding tert-OH is 1. The highest BCUT2D eigenvalue weighted by Crippen LogP contribution is 2.18. The summed E-state index contributed by atoms with van der Waals surface area (Å²) in [6, 6.07) is 6.23. The standard InChI is InChI=1S/C13H14N2O/c1-9-3-10(2)5-12(4-9)13-14-6-11(8-16)7-15-13/h3-7,16H,8H2,1-2H3. The molecule has 0 radical (unpaired) electrons. The van der Waals surface area contributed by atoms with Gasteiger partial charge in [-0.05, 0) is 26.0 Å². The van der Waals surface area contributed by atoms with Crippen LogP contribution in [0.25, 0.3) is 11.4 Å². The Labute approximate surface area is 94.8 Å². The van der Waals surface area contributed by atoms with E-state index in [2.05, 4.69) is 42.0 Å². The van der Waals surface area contributed by atoms with Gasteiger partial charge < -0.3 is 5.11 Å². The van der Waals surface area contributed by atoms with Crippen LogP contribution in [0.15, 0.2) is 30.6 Å². The molecular formula is C13H14N2O. The molecule has 0 unspecified atom stereocenters. The Balaban J connectivity index is 2.42. The first-order valence-corrected chi connectivity index (χ1v) is 5.19. The second-order valence-electron chi connectivity index (χ2n) is 3.95. The minimum Gasteiger partial charge on any atom is -0.392 e. The van der Waals surface area contributed by atoms with Crippen molar-refractivity contribution < 1.29 is 5.11 Å². The zero-order chi connectivity index (χ0) is 11.5. The van der Waals surface area contributed by atoms with Gasteiger partial charge in [-0.3, -0.25) is 0 Å². The summed E-state index contributed by atoms with van der Waals surface area (Å²) < 4.78 is 0. The van der Waals surface area contributed by atoms with Crippen LogP contribution in [0.5, 0.6) is 0 Å². The molecule has 16 heavy (non-hydrogen) atoms. The average Bonchev–Trinajstić information content (AvgIpc) is 2.28. The van der Waals surface area contributed by atoms with E-state index in [1.807, 2.05) is 0 Å². The SMILES string of the molecule is Cc1cc(C)cc(-c2ncc(CO)cn2)c1. The molecule has 0 aliphatic heterocycles. The number of hydrogen-bond donors (Lipinski definition) is 1. The van der Waals surface area contributed by atoms with Crippen LogP contribution in [0.4, 0.5) is 0 Å². The van der Waals surface area contributed by atoms with E-state index in [4.69, 9.17) is 5.11 Å². The highest BCUT2D eigenvalue weighted by atomic mass is 16.3. The van der Waals surface area contributed by atoms with Crippen molar-refractivity contribution in [1.82, 2.24) is 9.97 Å². The number of aromatic nitrogens is 2. The van der Waals surface area contributed by atoms with Gasteiger partial charge in [0.05, 0.1) is 6.61 Å². The summed E-state index contributed by atoms with van der Waals surface area (Å²) in [4.78, 5) is 8.46. The molecule has 1 aromatic heterocycles. The smallest absolute Gasteiger partial charge is 0.159 e. The second-order valence-corrected chi connectivity index (χ2v) is 3.95. The van der Waals surface area contributed by atoms with Gasteiger partial charge in [-0.2, -0.15) is 0 Å². The van der Waals surface area contributed by atoms with E-state index in [1.54, 1.807) is 12.4 Å². The van der Waals surface area contributed by atoms with Crippen molar-refractivity contribution >= 4 is 0 Å². The van der Waals surface area contributed by atoms with E-state index < -0.39 is 0 Å². The maximum Gasteiger partial charge on any atom is 0.159 e. The van der Waals surface area contributed by atoms with E-state index in [-0.39, 0.29) is 6.61 Å². The molecule has 0 saturated heterocycles. The molecule has 3 heteroatoms. The lowest BCUT2D eigenvalue weighted by Crippen LogP contribution is -1.93. The normalized spacial score (nSPS) is 10.4. The summed E-state index contributed by atoms with van der Waals surface area (Å²) in [5, 5.41) is 8.91. The topological polar surface area (TPSA) is 46.0 Å². The summed E-state index contributed by atoms with van der Waals surface area (Å²) in [6.07, 6.45) is 3.31. The van der Waals surface area contributed by atoms with Gasteiger partial charge in [-0.25, -0.2) is 9.97 Å². The summed E-state index contributed by atoms with van der Waals surface area (Å²) in [6.45, 7) is 4.09. The van der Waals surface area contributed by atoms with Crippen molar-refractivity contribution in [3.05, 3.63) is 47.3 Å². The number of nitrogens with zero attached hydrogens (tertiary/aromatic N) is 2. The minimum atomic E-state index is -0.0207. The van der Waals surface area contributed by atoms with Crippen LogP contribution in [0.3, 0.4) is 0 Å². The molecule has 0 spiro atoms. The van der Waals surface area contributed by atoms with Gasteiger partial charge in [0.1, 0.15) is 0 Å². The van der Waals surface area contributed by atoms with Crippen LogP contribution in [-0.2, 0) is 6.61 Å². The third-order valence-corrected chi connectivity index (χ3v) is 2.37. The third-order valence-electron chi connectivity index (χ3n) is 2.37. The van der Waals surface area contributed by atoms with Gasteiger partial charge in [-0.1, -0.05) is 17.2 Å². The lowest BCUT2D eigenvalue weighted by atomic mass is 10.1. The maximum atomic E-state index is 8.91. The van der Waals surface area contributed by atoms with Crippen molar-refractivity contribution in [3.63, 3.8) is 0 Å². The molecule has 0 bridgehead atoms. The van der Waals surface area contributed by atoms with Gasteiger partial charge in [0.25, 0.3) is 0 Å². The quantitative estimate of drug-likeness (QED) is 0.834. The number of benzene rings is 1. The largest absolute Gasteiger partial charge is 0.392 e. The molecule has 1 heterocycles. The fourth-order valence-corrected chi connectivity index (χ4v) is 1.69. The first-order chi connectivity index (χ1) is 7.69. The first kappa shape index (κ1) is 10.8. The zero-order valence-electron chi connectivity index (χ0n) is 9.44. The molecule has 2 aromatic rings. The van der Waals surface area contributed by atoms with Gasteiger partial charge in [0.15, 0.2) is 5.82 Å². The maximum absolute atomic E-state index is 8.91. The fraction of sp³-hybridized carbons (Fsp3) is 0.231. The zero-order valence-corrected chi connectivity index (χ0v) is 9.44. The number of hydrogen-bond acceptors (Lipinski definition) is 3. The van der Waals surface area contributed by atoms with Gasteiger partial charge >= 0.3 is 0 Å². The molecule has 0 amide bonds. The number of rotatable bonds is 2. The van der Waals surface area contributed by atoms with E-state index in [1.165, 1.54) is 11.1 Å². The summed E-state index contributed by atoms with van der Waals surface area (Å²) in [7, 11) is 0. The van der Waals surface area contributed by atoms with E-state index in [0.717, 1.165) is 11.1 Å². The molecule has 0 fully saturated rings. The highest BCUT2D eigenvalue weighted by Gasteiger charge is 2.02. The Bertz CT molecular complexity index is 472. The molecular weight excluding hydrogens is 200 g/mol. The van der Waals surface area contributed by atoms with E-state index >= 15 is 0 Å². The average molecular weight is 214 g/mol. The molecule has 0 saturated carbocycles. The van der Waals surface area contributed by atoms with Crippen LogP contribution in [-0.4, -0.2) is 15.1 Å². The number of aryl methyl sites for hydroxylation is 2. The van der Waals surface area contributed by atoms with Crippen LogP contribution in [0.1, 0.15) is 16.7 Å². The first-order valence-electron chi connectivity index (χ1n) is 5.19. The van der Waals surface area contributed by atoms with Crippen molar-refractivity contribution in [1.29, 1.82) is 0 Å². The minimum absolute atomic E-state index is 0.0207. The van der Waals surface area contributed by atoms with Crippen molar-refractivity contribution in [3.8, 4) is 11.4 Å². The lowest BCUT2D eigenvalue weighted by molar-refractivity contribution is 0.281. The molecule has 0 aliphatic rings. The monoisotopic (exact) mass is 214 g/mol. The van der Waals surface area contributed by atoms with Crippen molar-refractivity contribution in [2.75, 3.05) is 0 Å². The summed E-state index contributed by atoms with van der Waals surface area (Å²) in [5.74, 6) is 0.698. The Kier molecular flexibility index (Phi) is 2.97. The van der Waals surface area contributed by atoms with Crippen LogP contribution < -0.4 is 0 Å². The molecule has 2 rings (SSSR count). The third kappa shape index (κ3) is 2.25. The summed E-state index contributed by atoms with van der Waals surface area (Å²) >= 11 is 0. The van der Waals surface area contributed by atoms with Crippen LogP contribution >= 0.6 is 0 Å². The van der Waals surface area contributed by atoms with Crippen molar-refractivity contribution in [2.24, 2.45) is 0 Å². The molecule has 0 aliphatic carbocycles. The lowest BCUT2D eigenvalue weighted by Gasteiger charge is -2.04. The van der Waals surface area contributed by atoms with Crippen molar-refractivity contribution in [2.45, 2.75) is 20.5 Å². The second kappa shape index (κ2) is 4.41. The van der Waals surface area contributed by atoms with E-state index in [9.17, 15) is 0 Å². The predicted molar refractivity (Wildman–Crippen MR) is 62.9 cm³/mol. The Morgan fingerprint density at radius 3 is 2.06 bits per heavy atom. The molecule has 82 valence electrons. The Morgan fingerprint density at radius 1 is 1.00 bits per heavy atom. The van der Waals surface area contributed by atoms with Crippen LogP contribution in [0, 0.1) is 13.8 Å². The van der Waals surface area contributed by atoms with Gasteiger partial charge in [0.2, 0.25) is 0 Å². The Morgan fingerprint density at radius 2 is 1.56 bits per heavy atom. The highest BCUT2D eigenvalue weighted by molar-refractivity contribution is 5.57. The van der Waals surface area contributed by atoms with E-state index in [0.29, 0.717) is 5.82 Å². The van der Waals surface area contributed by atoms with Gasteiger partial charge in [0, 0.05) is 23.5 Å². The predicted octanol–water partition coefficient (Wildman–Crippen LogP) is 2.25. The molecule has 1 N–H and O–H groups in total. The van der Waals surface area contributed by atoms with Crippen LogP contribution in [0.2, 0.25) is 0 Å². The number of aliphatic hydroxyl groups is 1. The van der Waals surface area contributed by atoms with Gasteiger partial charge in [-0.15, -0.1) is 0 Å². The molecule has 0 atom stereocenters. The Hall–Kier alpha value is -1.74. The summed E-state index contributed by atoms with van der Waals surface area (Å²) in [5.41, 5.74) is 4.14.